The van der Waals surface area contributed by atoms with Gasteiger partial charge in [-0.05, 0) is 6.42 Å². The number of aromatic nitrogens is 4. The fourth-order valence-electron chi connectivity index (χ4n) is 2.21. The molecule has 21 heavy (non-hydrogen) atoms. The molecule has 0 amide bonds. The molecule has 2 heterocycles. The largest absolute Gasteiger partial charge is 0.439 e. The highest BCUT2D eigenvalue weighted by Crippen LogP contribution is 2.20. The predicted octanol–water partition coefficient (Wildman–Crippen LogP) is 2.52. The number of nitrogens with zero attached hydrogens (tertiary/aromatic N) is 4. The Bertz CT molecular complexity index is 717. The van der Waals surface area contributed by atoms with E-state index in [1.54, 1.807) is 10.9 Å². The average Bonchev–Trinajstić information content (AvgIpc) is 3.11. The molecule has 0 unspecified atom stereocenters. The molecule has 0 aliphatic carbocycles. The molecule has 1 aromatic carbocycles. The first kappa shape index (κ1) is 13.4. The third-order valence-electron chi connectivity index (χ3n) is 3.25. The SMILES string of the molecule is CCCc1c(N)nnn1Cc1ncc(-c2ccccc2)o1. The number of oxazole rings is 1. The lowest BCUT2D eigenvalue weighted by Gasteiger charge is -2.03. The van der Waals surface area contributed by atoms with Crippen LogP contribution in [0, 0.1) is 0 Å². The summed E-state index contributed by atoms with van der Waals surface area (Å²) >= 11 is 0. The lowest BCUT2D eigenvalue weighted by molar-refractivity contribution is 0.462. The van der Waals surface area contributed by atoms with E-state index in [1.165, 1.54) is 0 Å². The Morgan fingerprint density at radius 3 is 2.81 bits per heavy atom. The van der Waals surface area contributed by atoms with Gasteiger partial charge in [0.2, 0.25) is 5.89 Å². The van der Waals surface area contributed by atoms with Crippen LogP contribution in [0.4, 0.5) is 5.82 Å². The van der Waals surface area contributed by atoms with Crippen LogP contribution in [0.15, 0.2) is 40.9 Å². The Balaban J connectivity index is 1.82. The van der Waals surface area contributed by atoms with E-state index in [2.05, 4.69) is 22.2 Å². The summed E-state index contributed by atoms with van der Waals surface area (Å²) in [5.74, 6) is 1.82. The maximum absolute atomic E-state index is 5.83. The molecule has 0 aliphatic rings. The van der Waals surface area contributed by atoms with Crippen LogP contribution in [0.1, 0.15) is 24.9 Å². The Morgan fingerprint density at radius 2 is 2.05 bits per heavy atom. The average molecular weight is 283 g/mol. The number of hydrogen-bond acceptors (Lipinski definition) is 5. The molecule has 3 aromatic rings. The second-order valence-corrected chi connectivity index (χ2v) is 4.81. The van der Waals surface area contributed by atoms with E-state index in [0.717, 1.165) is 29.9 Å². The molecule has 0 atom stereocenters. The molecule has 2 N–H and O–H groups in total. The predicted molar refractivity (Wildman–Crippen MR) is 79.5 cm³/mol. The smallest absolute Gasteiger partial charge is 0.216 e. The van der Waals surface area contributed by atoms with Crippen molar-refractivity contribution < 1.29 is 4.42 Å². The van der Waals surface area contributed by atoms with Crippen LogP contribution in [-0.4, -0.2) is 20.0 Å². The van der Waals surface area contributed by atoms with E-state index in [4.69, 9.17) is 10.2 Å². The first-order chi connectivity index (χ1) is 10.3. The molecule has 2 aromatic heterocycles. The zero-order valence-corrected chi connectivity index (χ0v) is 11.9. The van der Waals surface area contributed by atoms with Gasteiger partial charge < -0.3 is 10.2 Å². The third kappa shape index (κ3) is 2.79. The van der Waals surface area contributed by atoms with Crippen molar-refractivity contribution in [2.24, 2.45) is 0 Å². The maximum Gasteiger partial charge on any atom is 0.216 e. The molecule has 0 aliphatic heterocycles. The van der Waals surface area contributed by atoms with Gasteiger partial charge in [0.05, 0.1) is 11.9 Å². The Kier molecular flexibility index (Phi) is 3.68. The highest BCUT2D eigenvalue weighted by molar-refractivity contribution is 5.55. The van der Waals surface area contributed by atoms with Crippen molar-refractivity contribution in [1.29, 1.82) is 0 Å². The normalized spacial score (nSPS) is 10.9. The lowest BCUT2D eigenvalue weighted by atomic mass is 10.2. The summed E-state index contributed by atoms with van der Waals surface area (Å²) < 4.78 is 7.52. The molecule has 0 saturated carbocycles. The standard InChI is InChI=1S/C15H17N5O/c1-2-6-12-15(16)18-19-20(12)10-14-17-9-13(21-14)11-7-4-3-5-8-11/h3-5,7-9H,2,6,10,16H2,1H3. The Hall–Kier alpha value is -2.63. The maximum atomic E-state index is 5.83. The molecule has 108 valence electrons. The highest BCUT2D eigenvalue weighted by Gasteiger charge is 2.13. The number of nitrogen functional groups attached to an aromatic ring is 1. The highest BCUT2D eigenvalue weighted by atomic mass is 16.4. The van der Waals surface area contributed by atoms with E-state index >= 15 is 0 Å². The molecule has 3 rings (SSSR count). The number of anilines is 1. The van der Waals surface area contributed by atoms with E-state index in [-0.39, 0.29) is 0 Å². The molecular weight excluding hydrogens is 266 g/mol. The fourth-order valence-corrected chi connectivity index (χ4v) is 2.21. The van der Waals surface area contributed by atoms with Gasteiger partial charge in [0, 0.05) is 5.56 Å². The van der Waals surface area contributed by atoms with E-state index in [9.17, 15) is 0 Å². The van der Waals surface area contributed by atoms with Crippen molar-refractivity contribution in [3.8, 4) is 11.3 Å². The van der Waals surface area contributed by atoms with Gasteiger partial charge in [-0.3, -0.25) is 0 Å². The van der Waals surface area contributed by atoms with Crippen LogP contribution >= 0.6 is 0 Å². The number of hydrogen-bond donors (Lipinski definition) is 1. The number of nitrogens with two attached hydrogens (primary N) is 1. The van der Waals surface area contributed by atoms with Gasteiger partial charge in [-0.2, -0.15) is 0 Å². The van der Waals surface area contributed by atoms with Crippen LogP contribution < -0.4 is 5.73 Å². The van der Waals surface area contributed by atoms with Crippen molar-refractivity contribution in [2.75, 3.05) is 5.73 Å². The van der Waals surface area contributed by atoms with Crippen molar-refractivity contribution in [2.45, 2.75) is 26.3 Å². The summed E-state index contributed by atoms with van der Waals surface area (Å²) in [6.45, 7) is 2.53. The molecule has 0 bridgehead atoms. The minimum atomic E-state index is 0.437. The minimum absolute atomic E-state index is 0.437. The van der Waals surface area contributed by atoms with Gasteiger partial charge in [0.25, 0.3) is 0 Å². The van der Waals surface area contributed by atoms with Crippen molar-refractivity contribution >= 4 is 5.82 Å². The molecule has 6 nitrogen and oxygen atoms in total. The Morgan fingerprint density at radius 1 is 1.24 bits per heavy atom. The Labute approximate surface area is 122 Å². The first-order valence-corrected chi connectivity index (χ1v) is 6.96. The molecular formula is C15H17N5O. The molecule has 0 spiro atoms. The summed E-state index contributed by atoms with van der Waals surface area (Å²) in [6, 6.07) is 9.88. The zero-order valence-electron chi connectivity index (χ0n) is 11.9. The number of rotatable bonds is 5. The van der Waals surface area contributed by atoms with Gasteiger partial charge in [0.1, 0.15) is 6.54 Å². The van der Waals surface area contributed by atoms with Gasteiger partial charge in [-0.25, -0.2) is 9.67 Å². The summed E-state index contributed by atoms with van der Waals surface area (Å²) in [4.78, 5) is 4.30. The number of benzene rings is 1. The van der Waals surface area contributed by atoms with Crippen LogP contribution in [0.3, 0.4) is 0 Å². The van der Waals surface area contributed by atoms with Gasteiger partial charge in [-0.1, -0.05) is 48.9 Å². The molecule has 0 saturated heterocycles. The van der Waals surface area contributed by atoms with Gasteiger partial charge in [-0.15, -0.1) is 5.10 Å². The lowest BCUT2D eigenvalue weighted by Crippen LogP contribution is -2.07. The van der Waals surface area contributed by atoms with E-state index < -0.39 is 0 Å². The summed E-state index contributed by atoms with van der Waals surface area (Å²) in [7, 11) is 0. The van der Waals surface area contributed by atoms with Crippen molar-refractivity contribution in [3.63, 3.8) is 0 Å². The molecule has 0 fully saturated rings. The molecule has 6 heteroatoms. The fraction of sp³-hybridized carbons (Fsp3) is 0.267. The quantitative estimate of drug-likeness (QED) is 0.778. The van der Waals surface area contributed by atoms with Crippen LogP contribution in [0.2, 0.25) is 0 Å². The van der Waals surface area contributed by atoms with Gasteiger partial charge >= 0.3 is 0 Å². The monoisotopic (exact) mass is 283 g/mol. The molecule has 0 radical (unpaired) electrons. The third-order valence-corrected chi connectivity index (χ3v) is 3.25. The first-order valence-electron chi connectivity index (χ1n) is 6.96. The van der Waals surface area contributed by atoms with Crippen molar-refractivity contribution in [1.82, 2.24) is 20.0 Å². The second kappa shape index (κ2) is 5.78. The second-order valence-electron chi connectivity index (χ2n) is 4.81. The minimum Gasteiger partial charge on any atom is -0.439 e. The zero-order chi connectivity index (χ0) is 14.7. The van der Waals surface area contributed by atoms with Crippen LogP contribution in [0.25, 0.3) is 11.3 Å². The van der Waals surface area contributed by atoms with Crippen molar-refractivity contribution in [3.05, 3.63) is 48.1 Å². The summed E-state index contributed by atoms with van der Waals surface area (Å²) in [5.41, 5.74) is 7.76. The summed E-state index contributed by atoms with van der Waals surface area (Å²) in [5, 5.41) is 7.97. The summed E-state index contributed by atoms with van der Waals surface area (Å²) in [6.07, 6.45) is 3.55. The van der Waals surface area contributed by atoms with Crippen LogP contribution in [0.5, 0.6) is 0 Å². The van der Waals surface area contributed by atoms with Gasteiger partial charge in [0.15, 0.2) is 11.6 Å². The topological polar surface area (TPSA) is 82.8 Å². The van der Waals surface area contributed by atoms with E-state index in [1.807, 2.05) is 30.3 Å². The van der Waals surface area contributed by atoms with E-state index in [0.29, 0.717) is 18.3 Å². The van der Waals surface area contributed by atoms with Crippen LogP contribution in [-0.2, 0) is 13.0 Å².